The first kappa shape index (κ1) is 17.2. The zero-order valence-electron chi connectivity index (χ0n) is 13.3. The summed E-state index contributed by atoms with van der Waals surface area (Å²) in [4.78, 5) is 21.9. The van der Waals surface area contributed by atoms with Crippen LogP contribution in [0.1, 0.15) is 37.2 Å². The van der Waals surface area contributed by atoms with Crippen molar-refractivity contribution in [3.05, 3.63) is 51.8 Å². The van der Waals surface area contributed by atoms with E-state index in [1.807, 2.05) is 13.0 Å². The fraction of sp³-hybridized carbons (Fsp3) is 0.294. The standard InChI is InChI=1S/C17H16N2O5/c1-3-4-17(20)24-16(10-18)15-8-7-14(23-15)13-6-5-12(19(21)22)9-11(13)2/h5-9,16H,3-4H2,1-2H3/t16-/m1/s1. The molecule has 1 atom stereocenters. The number of hydrogen-bond acceptors (Lipinski definition) is 6. The van der Waals surface area contributed by atoms with Crippen LogP contribution in [0.25, 0.3) is 11.3 Å². The van der Waals surface area contributed by atoms with Gasteiger partial charge in [-0.25, -0.2) is 0 Å². The van der Waals surface area contributed by atoms with Crippen LogP contribution in [0.5, 0.6) is 0 Å². The van der Waals surface area contributed by atoms with Crippen LogP contribution in [-0.4, -0.2) is 10.9 Å². The van der Waals surface area contributed by atoms with E-state index in [2.05, 4.69) is 0 Å². The molecule has 2 rings (SSSR count). The summed E-state index contributed by atoms with van der Waals surface area (Å²) in [6.45, 7) is 3.57. The van der Waals surface area contributed by atoms with E-state index in [0.29, 0.717) is 23.3 Å². The Morgan fingerprint density at radius 3 is 2.75 bits per heavy atom. The highest BCUT2D eigenvalue weighted by Crippen LogP contribution is 2.31. The van der Waals surface area contributed by atoms with Gasteiger partial charge in [-0.3, -0.25) is 14.9 Å². The van der Waals surface area contributed by atoms with Crippen molar-refractivity contribution in [2.45, 2.75) is 32.8 Å². The Morgan fingerprint density at radius 2 is 2.17 bits per heavy atom. The van der Waals surface area contributed by atoms with E-state index in [4.69, 9.17) is 14.4 Å². The Morgan fingerprint density at radius 1 is 1.42 bits per heavy atom. The normalized spacial score (nSPS) is 11.5. The van der Waals surface area contributed by atoms with Gasteiger partial charge in [0.25, 0.3) is 5.69 Å². The minimum absolute atomic E-state index is 0.00794. The molecule has 0 bridgehead atoms. The summed E-state index contributed by atoms with van der Waals surface area (Å²) in [5.41, 5.74) is 1.33. The molecular formula is C17H16N2O5. The number of benzene rings is 1. The van der Waals surface area contributed by atoms with Crippen molar-refractivity contribution in [1.82, 2.24) is 0 Å². The predicted octanol–water partition coefficient (Wildman–Crippen LogP) is 4.07. The molecule has 0 fully saturated rings. The van der Waals surface area contributed by atoms with Crippen molar-refractivity contribution in [2.75, 3.05) is 0 Å². The van der Waals surface area contributed by atoms with Crippen molar-refractivity contribution < 1.29 is 18.9 Å². The summed E-state index contributed by atoms with van der Waals surface area (Å²) in [5, 5.41) is 20.0. The highest BCUT2D eigenvalue weighted by molar-refractivity contribution is 5.70. The van der Waals surface area contributed by atoms with Crippen molar-refractivity contribution in [2.24, 2.45) is 0 Å². The van der Waals surface area contributed by atoms with Gasteiger partial charge in [0, 0.05) is 24.1 Å². The molecule has 0 spiro atoms. The lowest BCUT2D eigenvalue weighted by Gasteiger charge is -2.08. The number of furan rings is 1. The van der Waals surface area contributed by atoms with Gasteiger partial charge in [-0.1, -0.05) is 6.92 Å². The second-order valence-corrected chi connectivity index (χ2v) is 5.21. The maximum Gasteiger partial charge on any atom is 0.307 e. The molecular weight excluding hydrogens is 312 g/mol. The Hall–Kier alpha value is -3.14. The minimum atomic E-state index is -1.11. The third-order valence-electron chi connectivity index (χ3n) is 3.39. The maximum atomic E-state index is 11.5. The molecule has 1 aromatic heterocycles. The lowest BCUT2D eigenvalue weighted by Crippen LogP contribution is -2.08. The number of rotatable bonds is 6. The smallest absolute Gasteiger partial charge is 0.307 e. The van der Waals surface area contributed by atoms with Crippen LogP contribution < -0.4 is 0 Å². The van der Waals surface area contributed by atoms with Crippen LogP contribution in [-0.2, 0) is 9.53 Å². The van der Waals surface area contributed by atoms with Crippen LogP contribution in [0.15, 0.2) is 34.7 Å². The lowest BCUT2D eigenvalue weighted by molar-refractivity contribution is -0.384. The Bertz CT molecular complexity index is 804. The number of carbonyl (C=O) groups is 1. The highest BCUT2D eigenvalue weighted by atomic mass is 16.6. The molecule has 0 saturated heterocycles. The number of aryl methyl sites for hydroxylation is 1. The van der Waals surface area contributed by atoms with Gasteiger partial charge in [-0.2, -0.15) is 5.26 Å². The number of nitro groups is 1. The van der Waals surface area contributed by atoms with E-state index in [1.165, 1.54) is 12.1 Å². The zero-order valence-corrected chi connectivity index (χ0v) is 13.3. The van der Waals surface area contributed by atoms with Gasteiger partial charge >= 0.3 is 5.97 Å². The van der Waals surface area contributed by atoms with Gasteiger partial charge in [0.15, 0.2) is 5.76 Å². The van der Waals surface area contributed by atoms with Gasteiger partial charge < -0.3 is 9.15 Å². The number of hydrogen-bond donors (Lipinski definition) is 0. The summed E-state index contributed by atoms with van der Waals surface area (Å²) in [6, 6.07) is 9.50. The van der Waals surface area contributed by atoms with Crippen molar-refractivity contribution in [1.29, 1.82) is 5.26 Å². The molecule has 2 aromatic rings. The fourth-order valence-electron chi connectivity index (χ4n) is 2.22. The van der Waals surface area contributed by atoms with E-state index in [9.17, 15) is 14.9 Å². The van der Waals surface area contributed by atoms with Crippen LogP contribution in [0.4, 0.5) is 5.69 Å². The lowest BCUT2D eigenvalue weighted by atomic mass is 10.1. The quantitative estimate of drug-likeness (QED) is 0.449. The molecule has 1 heterocycles. The zero-order chi connectivity index (χ0) is 17.7. The SMILES string of the molecule is CCCC(=O)O[C@H](C#N)c1ccc(-c2ccc([N+](=O)[O-])cc2C)o1. The Kier molecular flexibility index (Phi) is 5.32. The second-order valence-electron chi connectivity index (χ2n) is 5.21. The number of ether oxygens (including phenoxy) is 1. The van der Waals surface area contributed by atoms with Crippen molar-refractivity contribution in [3.8, 4) is 17.4 Å². The molecule has 0 aliphatic heterocycles. The first-order chi connectivity index (χ1) is 11.5. The molecule has 124 valence electrons. The summed E-state index contributed by atoms with van der Waals surface area (Å²) < 4.78 is 10.7. The van der Waals surface area contributed by atoms with Gasteiger partial charge in [0.1, 0.15) is 11.8 Å². The second kappa shape index (κ2) is 7.42. The monoisotopic (exact) mass is 328 g/mol. The van der Waals surface area contributed by atoms with Crippen LogP contribution in [0, 0.1) is 28.4 Å². The molecule has 0 radical (unpaired) electrons. The number of carbonyl (C=O) groups excluding carboxylic acids is 1. The largest absolute Gasteiger partial charge is 0.456 e. The van der Waals surface area contributed by atoms with Gasteiger partial charge in [-0.15, -0.1) is 0 Å². The van der Waals surface area contributed by atoms with E-state index in [0.717, 1.165) is 0 Å². The van der Waals surface area contributed by atoms with Crippen LogP contribution >= 0.6 is 0 Å². The Labute approximate surface area is 138 Å². The predicted molar refractivity (Wildman–Crippen MR) is 84.9 cm³/mol. The summed E-state index contributed by atoms with van der Waals surface area (Å²) >= 11 is 0. The van der Waals surface area contributed by atoms with Crippen molar-refractivity contribution >= 4 is 11.7 Å². The van der Waals surface area contributed by atoms with E-state index < -0.39 is 17.0 Å². The number of nitro benzene ring substituents is 1. The van der Waals surface area contributed by atoms with Crippen LogP contribution in [0.2, 0.25) is 0 Å². The minimum Gasteiger partial charge on any atom is -0.456 e. The van der Waals surface area contributed by atoms with Gasteiger partial charge in [0.05, 0.1) is 4.92 Å². The van der Waals surface area contributed by atoms with Gasteiger partial charge in [-0.05, 0) is 37.1 Å². The first-order valence-electron chi connectivity index (χ1n) is 7.40. The van der Waals surface area contributed by atoms with E-state index in [-0.39, 0.29) is 17.9 Å². The van der Waals surface area contributed by atoms with Gasteiger partial charge in [0.2, 0.25) is 6.10 Å². The third-order valence-corrected chi connectivity index (χ3v) is 3.39. The molecule has 1 aromatic carbocycles. The number of nitrogens with zero attached hydrogens (tertiary/aromatic N) is 2. The molecule has 7 nitrogen and oxygen atoms in total. The first-order valence-corrected chi connectivity index (χ1v) is 7.40. The average Bonchev–Trinajstić information content (AvgIpc) is 3.02. The molecule has 0 aliphatic carbocycles. The molecule has 7 heteroatoms. The van der Waals surface area contributed by atoms with Crippen molar-refractivity contribution in [3.63, 3.8) is 0 Å². The molecule has 0 N–H and O–H groups in total. The average molecular weight is 328 g/mol. The van der Waals surface area contributed by atoms with E-state index >= 15 is 0 Å². The Balaban J connectivity index is 2.25. The third kappa shape index (κ3) is 3.79. The number of nitriles is 1. The number of esters is 1. The molecule has 0 amide bonds. The fourth-order valence-corrected chi connectivity index (χ4v) is 2.22. The van der Waals surface area contributed by atoms with E-state index in [1.54, 1.807) is 25.1 Å². The molecule has 24 heavy (non-hydrogen) atoms. The molecule has 0 unspecified atom stereocenters. The topological polar surface area (TPSA) is 106 Å². The summed E-state index contributed by atoms with van der Waals surface area (Å²) in [7, 11) is 0. The molecule has 0 aliphatic rings. The number of non-ortho nitro benzene ring substituents is 1. The maximum absolute atomic E-state index is 11.5. The highest BCUT2D eigenvalue weighted by Gasteiger charge is 2.20. The summed E-state index contributed by atoms with van der Waals surface area (Å²) in [5.74, 6) is 0.201. The molecule has 0 saturated carbocycles. The summed E-state index contributed by atoms with van der Waals surface area (Å²) in [6.07, 6.45) is -0.258. The van der Waals surface area contributed by atoms with Crippen LogP contribution in [0.3, 0.4) is 0 Å².